The lowest BCUT2D eigenvalue weighted by Crippen LogP contribution is -2.41. The number of benzene rings is 2. The summed E-state index contributed by atoms with van der Waals surface area (Å²) < 4.78 is 51.7. The molecule has 0 spiro atoms. The van der Waals surface area contributed by atoms with Crippen molar-refractivity contribution in [1.29, 1.82) is 0 Å². The Morgan fingerprint density at radius 2 is 1.97 bits per heavy atom. The number of aliphatic imine (C=N–C) groups is 1. The van der Waals surface area contributed by atoms with Gasteiger partial charge in [-0.15, -0.1) is 0 Å². The molecular weight excluding hydrogens is 470 g/mol. The van der Waals surface area contributed by atoms with Gasteiger partial charge in [-0.1, -0.05) is 12.1 Å². The molecule has 1 atom stereocenters. The van der Waals surface area contributed by atoms with Crippen molar-refractivity contribution in [2.75, 3.05) is 25.0 Å². The molecule has 0 saturated carbocycles. The molecule has 2 amide bonds. The van der Waals surface area contributed by atoms with E-state index in [-0.39, 0.29) is 37.3 Å². The lowest BCUT2D eigenvalue weighted by Gasteiger charge is -2.19. The van der Waals surface area contributed by atoms with Gasteiger partial charge in [-0.25, -0.2) is 9.38 Å². The van der Waals surface area contributed by atoms with Crippen LogP contribution in [0.2, 0.25) is 0 Å². The molecule has 1 aromatic heterocycles. The highest BCUT2D eigenvalue weighted by atomic mass is 19.4. The molecule has 2 aromatic carbocycles. The Kier molecular flexibility index (Phi) is 6.85. The van der Waals surface area contributed by atoms with Crippen LogP contribution in [0.1, 0.15) is 21.5 Å². The van der Waals surface area contributed by atoms with Crippen molar-refractivity contribution in [3.63, 3.8) is 0 Å². The Bertz CT molecular complexity index is 1270. The van der Waals surface area contributed by atoms with Crippen LogP contribution in [0.25, 0.3) is 10.9 Å². The maximum atomic E-state index is 13.3. The molecule has 35 heavy (non-hydrogen) atoms. The molecule has 4 rings (SSSR count). The topological polar surface area (TPSA) is 123 Å². The molecule has 13 heteroatoms. The average molecular weight is 491 g/mol. The normalized spacial score (nSPS) is 15.8. The lowest BCUT2D eigenvalue weighted by molar-refractivity contribution is -0.137. The van der Waals surface area contributed by atoms with E-state index in [1.165, 1.54) is 18.3 Å². The largest absolute Gasteiger partial charge is 0.416 e. The van der Waals surface area contributed by atoms with E-state index in [0.29, 0.717) is 22.5 Å². The molecular formula is C22H21F4N7O2. The van der Waals surface area contributed by atoms with Gasteiger partial charge in [0.2, 0.25) is 5.91 Å². The first-order valence-electron chi connectivity index (χ1n) is 10.6. The third-order valence-corrected chi connectivity index (χ3v) is 5.16. The minimum atomic E-state index is -4.48. The highest BCUT2D eigenvalue weighted by Crippen LogP contribution is 2.29. The van der Waals surface area contributed by atoms with Gasteiger partial charge in [0.15, 0.2) is 5.96 Å². The third-order valence-electron chi connectivity index (χ3n) is 5.16. The number of nitrogens with one attached hydrogen (secondary N) is 5. The molecule has 1 unspecified atom stereocenters. The predicted octanol–water partition coefficient (Wildman–Crippen LogP) is 2.34. The summed E-state index contributed by atoms with van der Waals surface area (Å²) in [5.74, 6) is -0.773. The van der Waals surface area contributed by atoms with Gasteiger partial charge < -0.3 is 21.3 Å². The first-order chi connectivity index (χ1) is 16.7. The van der Waals surface area contributed by atoms with Crippen molar-refractivity contribution >= 4 is 34.4 Å². The minimum absolute atomic E-state index is 0.0184. The van der Waals surface area contributed by atoms with Gasteiger partial charge >= 0.3 is 6.18 Å². The quantitative estimate of drug-likeness (QED) is 0.339. The summed E-state index contributed by atoms with van der Waals surface area (Å²) in [4.78, 5) is 29.0. The number of alkyl halides is 4. The number of nitrogens with zero attached hydrogens (tertiary/aromatic N) is 2. The third kappa shape index (κ3) is 6.05. The smallest absolute Gasteiger partial charge is 0.353 e. The molecule has 0 radical (unpaired) electrons. The van der Waals surface area contributed by atoms with Crippen LogP contribution in [-0.2, 0) is 17.5 Å². The Morgan fingerprint density at radius 3 is 2.71 bits per heavy atom. The maximum absolute atomic E-state index is 13.3. The van der Waals surface area contributed by atoms with E-state index in [1.54, 1.807) is 12.1 Å². The second-order valence-corrected chi connectivity index (χ2v) is 7.81. The number of amides is 2. The molecule has 0 bridgehead atoms. The first-order valence-corrected chi connectivity index (χ1v) is 10.6. The van der Waals surface area contributed by atoms with Crippen LogP contribution in [0.5, 0.6) is 0 Å². The van der Waals surface area contributed by atoms with E-state index < -0.39 is 29.7 Å². The van der Waals surface area contributed by atoms with E-state index in [4.69, 9.17) is 0 Å². The van der Waals surface area contributed by atoms with Crippen molar-refractivity contribution in [3.05, 3.63) is 59.3 Å². The van der Waals surface area contributed by atoms with Crippen LogP contribution in [0, 0.1) is 0 Å². The molecule has 2 heterocycles. The summed E-state index contributed by atoms with van der Waals surface area (Å²) in [6.45, 7) is -0.383. The van der Waals surface area contributed by atoms with Crippen molar-refractivity contribution in [3.8, 4) is 0 Å². The molecule has 5 N–H and O–H groups in total. The van der Waals surface area contributed by atoms with E-state index in [9.17, 15) is 27.2 Å². The number of carbonyl (C=O) groups excluding carboxylic acids is 2. The summed E-state index contributed by atoms with van der Waals surface area (Å²) in [5, 5.41) is 18.0. The summed E-state index contributed by atoms with van der Waals surface area (Å²) >= 11 is 0. The van der Waals surface area contributed by atoms with E-state index in [0.717, 1.165) is 12.1 Å². The number of rotatable bonds is 6. The number of aromatic nitrogens is 2. The Hall–Kier alpha value is -4.16. The molecule has 1 aliphatic rings. The summed E-state index contributed by atoms with van der Waals surface area (Å²) in [5.41, 5.74) is 0.730. The summed E-state index contributed by atoms with van der Waals surface area (Å²) in [6.07, 6.45) is -4.09. The summed E-state index contributed by atoms with van der Waals surface area (Å²) in [6, 6.07) is 7.85. The van der Waals surface area contributed by atoms with Crippen molar-refractivity contribution < 1.29 is 27.2 Å². The van der Waals surface area contributed by atoms with Gasteiger partial charge in [-0.05, 0) is 29.8 Å². The molecule has 1 aliphatic heterocycles. The van der Waals surface area contributed by atoms with E-state index in [1.807, 2.05) is 0 Å². The van der Waals surface area contributed by atoms with Gasteiger partial charge in [-0.3, -0.25) is 14.7 Å². The first kappa shape index (κ1) is 24.0. The Balaban J connectivity index is 1.38. The summed E-state index contributed by atoms with van der Waals surface area (Å²) in [7, 11) is 0. The van der Waals surface area contributed by atoms with Gasteiger partial charge in [0.05, 0.1) is 42.5 Å². The highest BCUT2D eigenvalue weighted by molar-refractivity contribution is 6.09. The number of aromatic amines is 1. The zero-order chi connectivity index (χ0) is 25.0. The van der Waals surface area contributed by atoms with Gasteiger partial charge in [0, 0.05) is 17.6 Å². The number of carbonyl (C=O) groups is 2. The lowest BCUT2D eigenvalue weighted by atomic mass is 10.1. The SMILES string of the molecule is O=C(CNC(=O)c1cc(NC2=NCC(F)CN2)cc2[nH]ncc12)NCc1cccc(C(F)(F)F)c1. The number of anilines is 1. The van der Waals surface area contributed by atoms with Crippen molar-refractivity contribution in [2.45, 2.75) is 18.9 Å². The monoisotopic (exact) mass is 491 g/mol. The van der Waals surface area contributed by atoms with Crippen LogP contribution in [-0.4, -0.2) is 53.8 Å². The van der Waals surface area contributed by atoms with Crippen LogP contribution in [0.4, 0.5) is 23.2 Å². The van der Waals surface area contributed by atoms with Gasteiger partial charge in [0.25, 0.3) is 5.91 Å². The fraction of sp³-hybridized carbons (Fsp3) is 0.273. The highest BCUT2D eigenvalue weighted by Gasteiger charge is 2.30. The van der Waals surface area contributed by atoms with Crippen LogP contribution >= 0.6 is 0 Å². The van der Waals surface area contributed by atoms with Crippen molar-refractivity contribution in [2.24, 2.45) is 4.99 Å². The fourth-order valence-electron chi connectivity index (χ4n) is 3.43. The second kappa shape index (κ2) is 9.99. The van der Waals surface area contributed by atoms with Crippen LogP contribution in [0.3, 0.4) is 0 Å². The van der Waals surface area contributed by atoms with Gasteiger partial charge in [-0.2, -0.15) is 18.3 Å². The Morgan fingerprint density at radius 1 is 1.14 bits per heavy atom. The molecule has 184 valence electrons. The number of hydrogen-bond donors (Lipinski definition) is 5. The average Bonchev–Trinajstić information content (AvgIpc) is 3.30. The van der Waals surface area contributed by atoms with Gasteiger partial charge in [0.1, 0.15) is 6.17 Å². The molecule has 0 saturated heterocycles. The molecule has 0 fully saturated rings. The number of H-pyrrole nitrogens is 1. The molecule has 3 aromatic rings. The Labute approximate surface area is 196 Å². The molecule has 9 nitrogen and oxygen atoms in total. The second-order valence-electron chi connectivity index (χ2n) is 7.81. The zero-order valence-electron chi connectivity index (χ0n) is 18.2. The van der Waals surface area contributed by atoms with E-state index >= 15 is 0 Å². The number of halogens is 4. The van der Waals surface area contributed by atoms with Crippen molar-refractivity contribution in [1.82, 2.24) is 26.1 Å². The van der Waals surface area contributed by atoms with Crippen LogP contribution in [0.15, 0.2) is 47.6 Å². The van der Waals surface area contributed by atoms with Crippen LogP contribution < -0.4 is 21.3 Å². The molecule has 0 aliphatic carbocycles. The number of hydrogen-bond acceptors (Lipinski definition) is 6. The minimum Gasteiger partial charge on any atom is -0.353 e. The predicted molar refractivity (Wildman–Crippen MR) is 121 cm³/mol. The number of guanidine groups is 1. The maximum Gasteiger partial charge on any atom is 0.416 e. The van der Waals surface area contributed by atoms with E-state index in [2.05, 4.69) is 36.5 Å². The number of fused-ring (bicyclic) bond motifs is 1. The zero-order valence-corrected chi connectivity index (χ0v) is 18.2. The standard InChI is InChI=1S/C22H21F4N7O2/c23-14-8-29-21(30-9-14)32-15-5-16(17-10-31-33-18(17)6-15)20(35)28-11-19(34)27-7-12-2-1-3-13(4-12)22(24,25)26/h1-6,10,14H,7-9,11H2,(H,27,34)(H,28,35)(H,31,33)(H2,29,30,32). The fourth-order valence-corrected chi connectivity index (χ4v) is 3.43.